The summed E-state index contributed by atoms with van der Waals surface area (Å²) in [5.41, 5.74) is 5.23. The number of phenolic OH excluding ortho intramolecular Hbond substituents is 1. The summed E-state index contributed by atoms with van der Waals surface area (Å²) in [7, 11) is 0. The number of aromatic nitrogens is 1. The number of carbonyl (C=O) groups is 1. The molecule has 1 heterocycles. The van der Waals surface area contributed by atoms with Crippen LogP contribution in [0.1, 0.15) is 49.9 Å². The lowest BCUT2D eigenvalue weighted by molar-refractivity contribution is 0.0952. The Morgan fingerprint density at radius 2 is 1.87 bits per heavy atom. The number of para-hydroxylation sites is 1. The molecule has 3 aromatic carbocycles. The lowest BCUT2D eigenvalue weighted by atomic mass is 9.73. The SMILES string of the molecule is CC1(C)CCC(/C=N/NC(=O)c2cc3ccc4c5ccccc5[nH]c4c3cc2O)CC1. The number of fused-ring (bicyclic) bond motifs is 5. The first-order valence-corrected chi connectivity index (χ1v) is 10.9. The van der Waals surface area contributed by atoms with Crippen LogP contribution in [0.25, 0.3) is 32.6 Å². The second-order valence-corrected chi connectivity index (χ2v) is 9.47. The van der Waals surface area contributed by atoms with Crippen LogP contribution >= 0.6 is 0 Å². The summed E-state index contributed by atoms with van der Waals surface area (Å²) in [5, 5.41) is 18.8. The van der Waals surface area contributed by atoms with Gasteiger partial charge in [-0.25, -0.2) is 5.43 Å². The van der Waals surface area contributed by atoms with E-state index in [0.717, 1.165) is 45.4 Å². The molecular weight excluding hydrogens is 386 g/mol. The number of phenols is 1. The van der Waals surface area contributed by atoms with Crippen LogP contribution in [0.5, 0.6) is 5.75 Å². The number of carbonyl (C=O) groups excluding carboxylic acids is 1. The molecule has 1 aromatic heterocycles. The number of nitrogens with zero attached hydrogens (tertiary/aromatic N) is 1. The fraction of sp³-hybridized carbons (Fsp3) is 0.308. The number of H-pyrrole nitrogens is 1. The summed E-state index contributed by atoms with van der Waals surface area (Å²) in [6.07, 6.45) is 6.37. The molecular formula is C26H27N3O2. The predicted molar refractivity (Wildman–Crippen MR) is 127 cm³/mol. The summed E-state index contributed by atoms with van der Waals surface area (Å²) in [5.74, 6) is -0.0527. The Labute approximate surface area is 181 Å². The van der Waals surface area contributed by atoms with E-state index in [-0.39, 0.29) is 11.3 Å². The highest BCUT2D eigenvalue weighted by atomic mass is 16.3. The molecule has 0 radical (unpaired) electrons. The van der Waals surface area contributed by atoms with Crippen molar-refractivity contribution in [2.45, 2.75) is 39.5 Å². The van der Waals surface area contributed by atoms with Crippen LogP contribution in [0.15, 0.2) is 53.6 Å². The lowest BCUT2D eigenvalue weighted by Crippen LogP contribution is -2.23. The van der Waals surface area contributed by atoms with E-state index in [1.165, 1.54) is 12.8 Å². The van der Waals surface area contributed by atoms with Crippen LogP contribution in [0.3, 0.4) is 0 Å². The Balaban J connectivity index is 1.40. The van der Waals surface area contributed by atoms with E-state index >= 15 is 0 Å². The van der Waals surface area contributed by atoms with E-state index in [4.69, 9.17) is 0 Å². The molecule has 1 aliphatic rings. The van der Waals surface area contributed by atoms with Crippen molar-refractivity contribution in [1.82, 2.24) is 10.4 Å². The van der Waals surface area contributed by atoms with Crippen molar-refractivity contribution in [3.8, 4) is 5.75 Å². The molecule has 5 heteroatoms. The Bertz CT molecular complexity index is 1320. The zero-order valence-corrected chi connectivity index (χ0v) is 17.9. The molecule has 31 heavy (non-hydrogen) atoms. The molecule has 1 aliphatic carbocycles. The normalized spacial score (nSPS) is 17.1. The molecule has 1 amide bonds. The second kappa shape index (κ2) is 7.41. The van der Waals surface area contributed by atoms with Gasteiger partial charge in [-0.1, -0.05) is 44.2 Å². The van der Waals surface area contributed by atoms with Gasteiger partial charge in [-0.3, -0.25) is 4.79 Å². The molecule has 1 saturated carbocycles. The van der Waals surface area contributed by atoms with E-state index in [9.17, 15) is 9.90 Å². The summed E-state index contributed by atoms with van der Waals surface area (Å²) in [6.45, 7) is 4.60. The smallest absolute Gasteiger partial charge is 0.275 e. The minimum atomic E-state index is -0.400. The monoisotopic (exact) mass is 413 g/mol. The molecule has 4 aromatic rings. The number of hydrogen-bond donors (Lipinski definition) is 3. The summed E-state index contributed by atoms with van der Waals surface area (Å²) in [4.78, 5) is 16.1. The summed E-state index contributed by atoms with van der Waals surface area (Å²) in [6, 6.07) is 15.5. The van der Waals surface area contributed by atoms with Crippen LogP contribution in [-0.2, 0) is 0 Å². The van der Waals surface area contributed by atoms with Gasteiger partial charge in [-0.15, -0.1) is 0 Å². The van der Waals surface area contributed by atoms with E-state index in [1.54, 1.807) is 12.1 Å². The average molecular weight is 414 g/mol. The molecule has 0 saturated heterocycles. The molecule has 158 valence electrons. The number of benzene rings is 3. The summed E-state index contributed by atoms with van der Waals surface area (Å²) < 4.78 is 0. The van der Waals surface area contributed by atoms with Gasteiger partial charge in [0.25, 0.3) is 5.91 Å². The molecule has 0 atom stereocenters. The minimum Gasteiger partial charge on any atom is -0.507 e. The fourth-order valence-electron chi connectivity index (χ4n) is 4.70. The van der Waals surface area contributed by atoms with Crippen molar-refractivity contribution < 1.29 is 9.90 Å². The van der Waals surface area contributed by atoms with Gasteiger partial charge in [0.1, 0.15) is 5.75 Å². The van der Waals surface area contributed by atoms with Gasteiger partial charge in [0.2, 0.25) is 0 Å². The van der Waals surface area contributed by atoms with Gasteiger partial charge < -0.3 is 10.1 Å². The van der Waals surface area contributed by atoms with Crippen molar-refractivity contribution in [1.29, 1.82) is 0 Å². The van der Waals surface area contributed by atoms with Gasteiger partial charge in [0.15, 0.2) is 0 Å². The first-order valence-electron chi connectivity index (χ1n) is 10.9. The fourth-order valence-corrected chi connectivity index (χ4v) is 4.70. The van der Waals surface area contributed by atoms with Crippen molar-refractivity contribution in [3.63, 3.8) is 0 Å². The molecule has 0 aliphatic heterocycles. The first-order chi connectivity index (χ1) is 14.9. The Morgan fingerprint density at radius 1 is 1.10 bits per heavy atom. The van der Waals surface area contributed by atoms with Crippen molar-refractivity contribution in [3.05, 3.63) is 54.1 Å². The molecule has 0 unspecified atom stereocenters. The van der Waals surface area contributed by atoms with E-state index in [2.05, 4.69) is 41.5 Å². The number of nitrogens with one attached hydrogen (secondary N) is 2. The molecule has 5 nitrogen and oxygen atoms in total. The number of aromatic hydroxyl groups is 1. The van der Waals surface area contributed by atoms with Crippen LogP contribution < -0.4 is 5.43 Å². The van der Waals surface area contributed by atoms with E-state index < -0.39 is 5.91 Å². The average Bonchev–Trinajstić information content (AvgIpc) is 3.13. The van der Waals surface area contributed by atoms with Gasteiger partial charge >= 0.3 is 0 Å². The van der Waals surface area contributed by atoms with Gasteiger partial charge in [0, 0.05) is 27.9 Å². The van der Waals surface area contributed by atoms with Gasteiger partial charge in [-0.2, -0.15) is 5.10 Å². The zero-order chi connectivity index (χ0) is 21.6. The third-order valence-electron chi connectivity index (χ3n) is 6.69. The maximum absolute atomic E-state index is 12.7. The molecule has 0 bridgehead atoms. The Morgan fingerprint density at radius 3 is 2.68 bits per heavy atom. The van der Waals surface area contributed by atoms with E-state index in [1.807, 2.05) is 30.5 Å². The van der Waals surface area contributed by atoms with Crippen molar-refractivity contribution >= 4 is 44.7 Å². The number of hydrogen-bond acceptors (Lipinski definition) is 3. The molecule has 5 rings (SSSR count). The molecule has 0 spiro atoms. The standard InChI is InChI=1S/C26H27N3O2/c1-26(2)11-9-16(10-12-26)15-27-29-25(31)21-13-17-7-8-19-18-5-3-4-6-22(18)28-24(19)20(17)14-23(21)30/h3-8,13-16,28,30H,9-12H2,1-2H3,(H,29,31)/b27-15+. The van der Waals surface area contributed by atoms with Crippen LogP contribution in [0, 0.1) is 11.3 Å². The Kier molecular flexibility index (Phi) is 4.69. The molecule has 3 N–H and O–H groups in total. The van der Waals surface area contributed by atoms with Gasteiger partial charge in [-0.05, 0) is 60.6 Å². The highest BCUT2D eigenvalue weighted by Crippen LogP contribution is 2.37. The third-order valence-corrected chi connectivity index (χ3v) is 6.69. The number of hydrazone groups is 1. The number of aromatic amines is 1. The molecule has 1 fully saturated rings. The predicted octanol–water partition coefficient (Wildman–Crippen LogP) is 6.11. The minimum absolute atomic E-state index is 0.0502. The topological polar surface area (TPSA) is 77.5 Å². The quantitative estimate of drug-likeness (QED) is 0.280. The largest absolute Gasteiger partial charge is 0.507 e. The highest BCUT2D eigenvalue weighted by Gasteiger charge is 2.25. The van der Waals surface area contributed by atoms with Crippen LogP contribution in [-0.4, -0.2) is 22.2 Å². The highest BCUT2D eigenvalue weighted by molar-refractivity contribution is 6.18. The maximum atomic E-state index is 12.7. The third kappa shape index (κ3) is 3.65. The van der Waals surface area contributed by atoms with Crippen molar-refractivity contribution in [2.24, 2.45) is 16.4 Å². The number of amides is 1. The zero-order valence-electron chi connectivity index (χ0n) is 17.9. The van der Waals surface area contributed by atoms with Crippen molar-refractivity contribution in [2.75, 3.05) is 0 Å². The lowest BCUT2D eigenvalue weighted by Gasteiger charge is -2.32. The van der Waals surface area contributed by atoms with Crippen LogP contribution in [0.2, 0.25) is 0 Å². The van der Waals surface area contributed by atoms with E-state index in [0.29, 0.717) is 11.3 Å². The Hall–Kier alpha value is -3.34. The first kappa shape index (κ1) is 19.6. The van der Waals surface area contributed by atoms with Gasteiger partial charge in [0.05, 0.1) is 11.1 Å². The maximum Gasteiger partial charge on any atom is 0.275 e. The van der Waals surface area contributed by atoms with Crippen LogP contribution in [0.4, 0.5) is 0 Å². The number of rotatable bonds is 3. The second-order valence-electron chi connectivity index (χ2n) is 9.47. The summed E-state index contributed by atoms with van der Waals surface area (Å²) >= 11 is 0.